The summed E-state index contributed by atoms with van der Waals surface area (Å²) in [6, 6.07) is 18.3. The molecule has 1 saturated carbocycles. The summed E-state index contributed by atoms with van der Waals surface area (Å²) in [5, 5.41) is 4.21. The van der Waals surface area contributed by atoms with Gasteiger partial charge in [0.2, 0.25) is 0 Å². The molecule has 2 aromatic carbocycles. The predicted octanol–water partition coefficient (Wildman–Crippen LogP) is 5.07. The minimum absolute atomic E-state index is 0.261. The van der Waals surface area contributed by atoms with Crippen LogP contribution in [0.2, 0.25) is 5.02 Å². The van der Waals surface area contributed by atoms with Crippen molar-refractivity contribution >= 4 is 11.6 Å². The summed E-state index contributed by atoms with van der Waals surface area (Å²) in [5.41, 5.74) is 1.13. The highest BCUT2D eigenvalue weighted by atomic mass is 35.5. The van der Waals surface area contributed by atoms with Gasteiger partial charge in [0.25, 0.3) is 0 Å². The van der Waals surface area contributed by atoms with E-state index in [1.165, 1.54) is 18.4 Å². The molecule has 0 amide bonds. The van der Waals surface area contributed by atoms with E-state index >= 15 is 0 Å². The molecule has 1 N–H and O–H groups in total. The van der Waals surface area contributed by atoms with E-state index in [4.69, 9.17) is 16.3 Å². The molecule has 3 heteroatoms. The van der Waals surface area contributed by atoms with E-state index in [1.54, 1.807) is 0 Å². The van der Waals surface area contributed by atoms with Crippen molar-refractivity contribution in [3.8, 4) is 5.75 Å². The summed E-state index contributed by atoms with van der Waals surface area (Å²) >= 11 is 5.97. The fourth-order valence-corrected chi connectivity index (χ4v) is 3.31. The van der Waals surface area contributed by atoms with E-state index in [1.807, 2.05) is 31.3 Å². The molecular formula is C20H24ClNO. The Bertz CT molecular complexity index is 609. The molecule has 23 heavy (non-hydrogen) atoms. The fraction of sp³-hybridized carbons (Fsp3) is 0.400. The summed E-state index contributed by atoms with van der Waals surface area (Å²) in [6.45, 7) is 0. The molecular weight excluding hydrogens is 306 g/mol. The Morgan fingerprint density at radius 2 is 1.78 bits per heavy atom. The standard InChI is InChI=1S/C20H24ClNO/c1-22-20(17-9-10-17,23-19-13-11-18(21)12-14-19)15-5-8-16-6-3-2-4-7-16/h2-4,6-7,11-14,17,22H,5,8-10,15H2,1H3. The molecule has 1 fully saturated rings. The topological polar surface area (TPSA) is 21.3 Å². The van der Waals surface area contributed by atoms with Crippen LogP contribution in [0.25, 0.3) is 0 Å². The molecule has 1 atom stereocenters. The first-order chi connectivity index (χ1) is 11.2. The van der Waals surface area contributed by atoms with Crippen molar-refractivity contribution in [2.45, 2.75) is 37.8 Å². The van der Waals surface area contributed by atoms with Crippen LogP contribution in [0, 0.1) is 5.92 Å². The second-order valence-electron chi connectivity index (χ2n) is 6.31. The Balaban J connectivity index is 1.65. The number of aryl methyl sites for hydroxylation is 1. The van der Waals surface area contributed by atoms with Crippen LogP contribution < -0.4 is 10.1 Å². The second-order valence-corrected chi connectivity index (χ2v) is 6.75. The van der Waals surface area contributed by atoms with Crippen LogP contribution in [-0.2, 0) is 6.42 Å². The number of hydrogen-bond donors (Lipinski definition) is 1. The third-order valence-corrected chi connectivity index (χ3v) is 4.88. The number of hydrogen-bond acceptors (Lipinski definition) is 2. The van der Waals surface area contributed by atoms with E-state index in [-0.39, 0.29) is 5.72 Å². The second kappa shape index (κ2) is 7.37. The number of benzene rings is 2. The van der Waals surface area contributed by atoms with Gasteiger partial charge in [-0.25, -0.2) is 0 Å². The minimum atomic E-state index is -0.261. The first-order valence-corrected chi connectivity index (χ1v) is 8.77. The van der Waals surface area contributed by atoms with Crippen molar-refractivity contribution in [2.24, 2.45) is 5.92 Å². The summed E-state index contributed by atoms with van der Waals surface area (Å²) < 4.78 is 6.40. The Labute approximate surface area is 143 Å². The van der Waals surface area contributed by atoms with Crippen molar-refractivity contribution < 1.29 is 4.74 Å². The van der Waals surface area contributed by atoms with Crippen LogP contribution >= 0.6 is 11.6 Å². The third kappa shape index (κ3) is 4.27. The zero-order valence-electron chi connectivity index (χ0n) is 13.6. The number of nitrogens with one attached hydrogen (secondary N) is 1. The van der Waals surface area contributed by atoms with E-state index in [2.05, 4.69) is 35.6 Å². The van der Waals surface area contributed by atoms with E-state index in [0.29, 0.717) is 5.92 Å². The van der Waals surface area contributed by atoms with E-state index in [9.17, 15) is 0 Å². The van der Waals surface area contributed by atoms with Crippen LogP contribution in [0.5, 0.6) is 5.75 Å². The molecule has 2 nitrogen and oxygen atoms in total. The van der Waals surface area contributed by atoms with Gasteiger partial charge in [-0.3, -0.25) is 5.32 Å². The highest BCUT2D eigenvalue weighted by Gasteiger charge is 2.46. The van der Waals surface area contributed by atoms with Gasteiger partial charge in [0, 0.05) is 17.4 Å². The van der Waals surface area contributed by atoms with Crippen LogP contribution in [0.3, 0.4) is 0 Å². The lowest BCUT2D eigenvalue weighted by atomic mass is 9.98. The van der Waals surface area contributed by atoms with E-state index in [0.717, 1.165) is 30.0 Å². The molecule has 1 aliphatic rings. The Kier molecular flexibility index (Phi) is 5.24. The smallest absolute Gasteiger partial charge is 0.163 e. The highest BCUT2D eigenvalue weighted by Crippen LogP contribution is 2.43. The first kappa shape index (κ1) is 16.4. The number of rotatable bonds is 8. The lowest BCUT2D eigenvalue weighted by molar-refractivity contribution is 0.00754. The lowest BCUT2D eigenvalue weighted by Gasteiger charge is -2.35. The van der Waals surface area contributed by atoms with Crippen molar-refractivity contribution in [3.63, 3.8) is 0 Å². The lowest BCUT2D eigenvalue weighted by Crippen LogP contribution is -2.50. The van der Waals surface area contributed by atoms with Crippen LogP contribution in [0.1, 0.15) is 31.2 Å². The quantitative estimate of drug-likeness (QED) is 0.683. The molecule has 0 spiro atoms. The van der Waals surface area contributed by atoms with Gasteiger partial charge in [0.1, 0.15) is 5.75 Å². The largest absolute Gasteiger partial charge is 0.473 e. The Morgan fingerprint density at radius 3 is 2.39 bits per heavy atom. The van der Waals surface area contributed by atoms with Gasteiger partial charge in [-0.1, -0.05) is 41.9 Å². The average Bonchev–Trinajstić information content (AvgIpc) is 3.42. The molecule has 1 aliphatic carbocycles. The first-order valence-electron chi connectivity index (χ1n) is 8.39. The van der Waals surface area contributed by atoms with Gasteiger partial charge in [-0.05, 0) is 62.6 Å². The molecule has 2 aromatic rings. The predicted molar refractivity (Wildman–Crippen MR) is 96.0 cm³/mol. The van der Waals surface area contributed by atoms with Crippen molar-refractivity contribution in [3.05, 3.63) is 65.2 Å². The zero-order chi connectivity index (χ0) is 16.1. The third-order valence-electron chi connectivity index (χ3n) is 4.63. The van der Waals surface area contributed by atoms with Gasteiger partial charge in [-0.2, -0.15) is 0 Å². The molecule has 1 unspecified atom stereocenters. The monoisotopic (exact) mass is 329 g/mol. The van der Waals surface area contributed by atoms with Gasteiger partial charge < -0.3 is 4.74 Å². The van der Waals surface area contributed by atoms with Crippen molar-refractivity contribution in [1.82, 2.24) is 5.32 Å². The van der Waals surface area contributed by atoms with Crippen LogP contribution in [-0.4, -0.2) is 12.8 Å². The summed E-state index contributed by atoms with van der Waals surface area (Å²) in [6.07, 6.45) is 5.67. The van der Waals surface area contributed by atoms with E-state index < -0.39 is 0 Å². The van der Waals surface area contributed by atoms with Gasteiger partial charge in [0.05, 0.1) is 0 Å². The maximum Gasteiger partial charge on any atom is 0.163 e. The summed E-state index contributed by atoms with van der Waals surface area (Å²) in [7, 11) is 2.01. The molecule has 0 saturated heterocycles. The van der Waals surface area contributed by atoms with Gasteiger partial charge in [0.15, 0.2) is 5.72 Å². The number of halogens is 1. The molecule has 0 aromatic heterocycles. The van der Waals surface area contributed by atoms with Crippen LogP contribution in [0.15, 0.2) is 54.6 Å². The van der Waals surface area contributed by atoms with Crippen LogP contribution in [0.4, 0.5) is 0 Å². The van der Waals surface area contributed by atoms with Crippen molar-refractivity contribution in [1.29, 1.82) is 0 Å². The summed E-state index contributed by atoms with van der Waals surface area (Å²) in [5.74, 6) is 1.48. The Hall–Kier alpha value is -1.51. The normalized spacial score (nSPS) is 16.8. The Morgan fingerprint density at radius 1 is 1.09 bits per heavy atom. The highest BCUT2D eigenvalue weighted by molar-refractivity contribution is 6.30. The SMILES string of the molecule is CNC(CCCc1ccccc1)(Oc1ccc(Cl)cc1)C1CC1. The molecule has 122 valence electrons. The average molecular weight is 330 g/mol. The van der Waals surface area contributed by atoms with Crippen molar-refractivity contribution in [2.75, 3.05) is 7.05 Å². The van der Waals surface area contributed by atoms with Gasteiger partial charge >= 0.3 is 0 Å². The summed E-state index contributed by atoms with van der Waals surface area (Å²) in [4.78, 5) is 0. The fourth-order valence-electron chi connectivity index (χ4n) is 3.18. The maximum absolute atomic E-state index is 6.40. The molecule has 3 rings (SSSR count). The van der Waals surface area contributed by atoms with Gasteiger partial charge in [-0.15, -0.1) is 0 Å². The molecule has 0 heterocycles. The minimum Gasteiger partial charge on any atom is -0.473 e. The maximum atomic E-state index is 6.40. The molecule has 0 bridgehead atoms. The molecule has 0 aliphatic heterocycles. The molecule has 0 radical (unpaired) electrons. The number of ether oxygens (including phenoxy) is 1. The zero-order valence-corrected chi connectivity index (χ0v) is 14.4.